The highest BCUT2D eigenvalue weighted by Gasteiger charge is 2.21. The molecule has 1 unspecified atom stereocenters. The first-order valence-corrected chi connectivity index (χ1v) is 8.60. The van der Waals surface area contributed by atoms with Crippen molar-refractivity contribution >= 4 is 9.84 Å². The van der Waals surface area contributed by atoms with Crippen LogP contribution >= 0.6 is 0 Å². The van der Waals surface area contributed by atoms with Gasteiger partial charge in [-0.15, -0.1) is 0 Å². The molecule has 0 aliphatic heterocycles. The Balaban J connectivity index is 2.39. The van der Waals surface area contributed by atoms with Gasteiger partial charge in [0.25, 0.3) is 0 Å². The Kier molecular flexibility index (Phi) is 6.00. The summed E-state index contributed by atoms with van der Waals surface area (Å²) in [6, 6.07) is 0. The molecule has 1 N–H and O–H groups in total. The van der Waals surface area contributed by atoms with E-state index in [1.807, 2.05) is 0 Å². The van der Waals surface area contributed by atoms with E-state index in [1.54, 1.807) is 6.92 Å². The predicted octanol–water partition coefficient (Wildman–Crippen LogP) is 1.96. The molecule has 1 aromatic heterocycles. The highest BCUT2D eigenvalue weighted by atomic mass is 32.2. The van der Waals surface area contributed by atoms with Crippen molar-refractivity contribution in [1.29, 1.82) is 0 Å². The number of nitrogens with one attached hydrogen (secondary N) is 1. The number of nitrogens with zero attached hydrogens (tertiary/aromatic N) is 1. The van der Waals surface area contributed by atoms with Gasteiger partial charge in [-0.2, -0.15) is 0 Å². The van der Waals surface area contributed by atoms with Gasteiger partial charge in [-0.25, -0.2) is 13.4 Å². The van der Waals surface area contributed by atoms with Crippen molar-refractivity contribution in [3.63, 3.8) is 0 Å². The SMILES string of the molecule is CC(C)CNCCCc1ncc(C(C)S(C)(=O)=O)o1. The second kappa shape index (κ2) is 7.05. The number of rotatable bonds is 8. The third-order valence-electron chi connectivity index (χ3n) is 2.91. The minimum absolute atomic E-state index is 0.424. The molecule has 110 valence electrons. The summed E-state index contributed by atoms with van der Waals surface area (Å²) in [4.78, 5) is 4.12. The molecular weight excluding hydrogens is 264 g/mol. The molecule has 0 bridgehead atoms. The third kappa shape index (κ3) is 5.74. The maximum absolute atomic E-state index is 11.4. The van der Waals surface area contributed by atoms with Crippen molar-refractivity contribution in [3.8, 4) is 0 Å². The minimum atomic E-state index is -3.13. The first kappa shape index (κ1) is 16.2. The number of aromatic nitrogens is 1. The van der Waals surface area contributed by atoms with Crippen LogP contribution in [0, 0.1) is 5.92 Å². The van der Waals surface area contributed by atoms with Gasteiger partial charge in [-0.05, 0) is 32.4 Å². The van der Waals surface area contributed by atoms with Crippen LogP contribution in [0.2, 0.25) is 0 Å². The fraction of sp³-hybridized carbons (Fsp3) is 0.769. The molecule has 0 fully saturated rings. The molecule has 0 aliphatic rings. The zero-order valence-electron chi connectivity index (χ0n) is 12.1. The van der Waals surface area contributed by atoms with Crippen LogP contribution in [0.25, 0.3) is 0 Å². The zero-order valence-corrected chi connectivity index (χ0v) is 13.0. The van der Waals surface area contributed by atoms with Crippen LogP contribution in [0.15, 0.2) is 10.6 Å². The fourth-order valence-electron chi connectivity index (χ4n) is 1.59. The molecule has 1 rings (SSSR count). The molecule has 0 amide bonds. The van der Waals surface area contributed by atoms with Gasteiger partial charge in [-0.3, -0.25) is 0 Å². The van der Waals surface area contributed by atoms with E-state index in [2.05, 4.69) is 24.1 Å². The highest BCUT2D eigenvalue weighted by Crippen LogP contribution is 2.21. The van der Waals surface area contributed by atoms with Crippen LogP contribution in [0.5, 0.6) is 0 Å². The second-order valence-electron chi connectivity index (χ2n) is 5.33. The lowest BCUT2D eigenvalue weighted by Crippen LogP contribution is -2.21. The molecular formula is C13H24N2O3S. The average molecular weight is 288 g/mol. The molecule has 0 aromatic carbocycles. The molecule has 0 spiro atoms. The Morgan fingerprint density at radius 1 is 1.37 bits per heavy atom. The minimum Gasteiger partial charge on any atom is -0.444 e. The standard InChI is InChI=1S/C13H24N2O3S/c1-10(2)8-14-7-5-6-13-15-9-12(18-13)11(3)19(4,16)17/h9-11,14H,5-8H2,1-4H3. The van der Waals surface area contributed by atoms with E-state index in [0.717, 1.165) is 25.9 Å². The Hall–Kier alpha value is -0.880. The quantitative estimate of drug-likeness (QED) is 0.740. The monoisotopic (exact) mass is 288 g/mol. The van der Waals surface area contributed by atoms with Gasteiger partial charge < -0.3 is 9.73 Å². The molecule has 5 nitrogen and oxygen atoms in total. The van der Waals surface area contributed by atoms with Crippen LogP contribution in [0.1, 0.15) is 44.1 Å². The largest absolute Gasteiger partial charge is 0.444 e. The average Bonchev–Trinajstić information content (AvgIpc) is 2.74. The van der Waals surface area contributed by atoms with Crippen molar-refractivity contribution in [1.82, 2.24) is 10.3 Å². The lowest BCUT2D eigenvalue weighted by atomic mass is 10.2. The van der Waals surface area contributed by atoms with Crippen molar-refractivity contribution < 1.29 is 12.8 Å². The van der Waals surface area contributed by atoms with Gasteiger partial charge in [0.05, 0.1) is 6.20 Å². The summed E-state index contributed by atoms with van der Waals surface area (Å²) in [5.41, 5.74) is 0. The molecule has 6 heteroatoms. The highest BCUT2D eigenvalue weighted by molar-refractivity contribution is 7.90. The lowest BCUT2D eigenvalue weighted by Gasteiger charge is -2.06. The third-order valence-corrected chi connectivity index (χ3v) is 4.43. The summed E-state index contributed by atoms with van der Waals surface area (Å²) >= 11 is 0. The summed E-state index contributed by atoms with van der Waals surface area (Å²) in [6.45, 7) is 7.86. The van der Waals surface area contributed by atoms with Crippen LogP contribution in [-0.4, -0.2) is 32.7 Å². The number of sulfone groups is 1. The van der Waals surface area contributed by atoms with E-state index in [4.69, 9.17) is 4.42 Å². The van der Waals surface area contributed by atoms with Gasteiger partial charge in [-0.1, -0.05) is 13.8 Å². The van der Waals surface area contributed by atoms with Crippen molar-refractivity contribution in [2.24, 2.45) is 5.92 Å². The van der Waals surface area contributed by atoms with Gasteiger partial charge in [0, 0.05) is 12.7 Å². The summed E-state index contributed by atoms with van der Waals surface area (Å²) in [6.07, 6.45) is 4.37. The lowest BCUT2D eigenvalue weighted by molar-refractivity contribution is 0.440. The predicted molar refractivity (Wildman–Crippen MR) is 75.8 cm³/mol. The summed E-state index contributed by atoms with van der Waals surface area (Å²) in [7, 11) is -3.13. The Bertz CT molecular complexity index is 480. The number of hydrogen-bond donors (Lipinski definition) is 1. The molecule has 19 heavy (non-hydrogen) atoms. The van der Waals surface area contributed by atoms with E-state index < -0.39 is 15.1 Å². The van der Waals surface area contributed by atoms with Gasteiger partial charge in [0.1, 0.15) is 11.0 Å². The first-order chi connectivity index (χ1) is 8.80. The number of hydrogen-bond acceptors (Lipinski definition) is 5. The van der Waals surface area contributed by atoms with Crippen LogP contribution in [0.3, 0.4) is 0 Å². The Morgan fingerprint density at radius 2 is 2.05 bits per heavy atom. The summed E-state index contributed by atoms with van der Waals surface area (Å²) < 4.78 is 28.3. The van der Waals surface area contributed by atoms with Crippen LogP contribution in [-0.2, 0) is 16.3 Å². The molecule has 0 saturated carbocycles. The molecule has 0 radical (unpaired) electrons. The number of aryl methyl sites for hydroxylation is 1. The molecule has 1 aromatic rings. The zero-order chi connectivity index (χ0) is 14.5. The van der Waals surface area contributed by atoms with E-state index in [-0.39, 0.29) is 0 Å². The van der Waals surface area contributed by atoms with Gasteiger partial charge in [0.15, 0.2) is 15.7 Å². The second-order valence-corrected chi connectivity index (χ2v) is 7.70. The molecule has 1 heterocycles. The van der Waals surface area contributed by atoms with Crippen LogP contribution < -0.4 is 5.32 Å². The van der Waals surface area contributed by atoms with E-state index >= 15 is 0 Å². The van der Waals surface area contributed by atoms with Crippen LogP contribution in [0.4, 0.5) is 0 Å². The maximum Gasteiger partial charge on any atom is 0.194 e. The van der Waals surface area contributed by atoms with E-state index in [1.165, 1.54) is 12.5 Å². The van der Waals surface area contributed by atoms with Gasteiger partial charge in [0.2, 0.25) is 0 Å². The normalized spacial score (nSPS) is 13.9. The van der Waals surface area contributed by atoms with E-state index in [0.29, 0.717) is 17.6 Å². The van der Waals surface area contributed by atoms with Crippen molar-refractivity contribution in [2.75, 3.05) is 19.3 Å². The molecule has 1 atom stereocenters. The van der Waals surface area contributed by atoms with E-state index in [9.17, 15) is 8.42 Å². The Labute approximate surface area is 115 Å². The maximum atomic E-state index is 11.4. The smallest absolute Gasteiger partial charge is 0.194 e. The fourth-order valence-corrected chi connectivity index (χ4v) is 2.13. The van der Waals surface area contributed by atoms with Crippen molar-refractivity contribution in [2.45, 2.75) is 38.9 Å². The summed E-state index contributed by atoms with van der Waals surface area (Å²) in [5.74, 6) is 1.67. The van der Waals surface area contributed by atoms with Gasteiger partial charge >= 0.3 is 0 Å². The molecule has 0 saturated heterocycles. The first-order valence-electron chi connectivity index (χ1n) is 6.65. The summed E-state index contributed by atoms with van der Waals surface area (Å²) in [5, 5.41) is 2.71. The number of oxazole rings is 1. The molecule has 0 aliphatic carbocycles. The topological polar surface area (TPSA) is 72.2 Å². The van der Waals surface area contributed by atoms with Crippen molar-refractivity contribution in [3.05, 3.63) is 17.8 Å². The Morgan fingerprint density at radius 3 is 2.63 bits per heavy atom.